The highest BCUT2D eigenvalue weighted by Gasteiger charge is 2.79. The first kappa shape index (κ1) is 34.9. The Morgan fingerprint density at radius 2 is 1.79 bits per heavy atom. The van der Waals surface area contributed by atoms with E-state index in [4.69, 9.17) is 16.3 Å². The van der Waals surface area contributed by atoms with Crippen molar-refractivity contribution in [3.8, 4) is 0 Å². The lowest BCUT2D eigenvalue weighted by atomic mass is 9.64. The second-order valence-electron chi connectivity index (χ2n) is 13.4. The third-order valence-corrected chi connectivity index (χ3v) is 11.2. The molecule has 3 amide bonds. The van der Waals surface area contributed by atoms with Crippen molar-refractivity contribution in [3.63, 3.8) is 0 Å². The van der Waals surface area contributed by atoms with Crippen LogP contribution in [-0.4, -0.2) is 75.6 Å². The van der Waals surface area contributed by atoms with E-state index in [-0.39, 0.29) is 36.8 Å². The number of halogens is 1. The van der Waals surface area contributed by atoms with Gasteiger partial charge in [-0.3, -0.25) is 14.4 Å². The number of aliphatic hydroxyl groups excluding tert-OH is 1. The zero-order valence-electron chi connectivity index (χ0n) is 28.0. The summed E-state index contributed by atoms with van der Waals surface area (Å²) in [6.45, 7) is 16.2. The lowest BCUT2D eigenvalue weighted by Crippen LogP contribution is -2.60. The van der Waals surface area contributed by atoms with Crippen LogP contribution in [0.5, 0.6) is 0 Å². The van der Waals surface area contributed by atoms with Crippen LogP contribution in [0.2, 0.25) is 5.02 Å². The predicted octanol–water partition coefficient (Wildman–Crippen LogP) is 5.94. The molecule has 3 heterocycles. The van der Waals surface area contributed by atoms with Gasteiger partial charge in [-0.25, -0.2) is 0 Å². The van der Waals surface area contributed by atoms with Crippen LogP contribution < -0.4 is 4.90 Å². The molecule has 2 aromatic rings. The molecular formula is C38H48ClN3O5. The van der Waals surface area contributed by atoms with Gasteiger partial charge in [0.15, 0.2) is 0 Å². The van der Waals surface area contributed by atoms with E-state index in [1.165, 1.54) is 0 Å². The maximum absolute atomic E-state index is 15.2. The maximum Gasteiger partial charge on any atom is 0.253 e. The lowest BCUT2D eigenvalue weighted by molar-refractivity contribution is -0.154. The Labute approximate surface area is 284 Å². The van der Waals surface area contributed by atoms with Gasteiger partial charge in [0.1, 0.15) is 11.6 Å². The van der Waals surface area contributed by atoms with Gasteiger partial charge in [0, 0.05) is 19.6 Å². The monoisotopic (exact) mass is 661 g/mol. The minimum atomic E-state index is -1.26. The number of likely N-dealkylation sites (tertiary alicyclic amines) is 1. The SMILES string of the molecule is C=CCN(Cc1ccccc1)C(=O)[C@@H]1[C@H]2C(=O)N([C@@H](CO)[C@@H](C)CC)C(C(=O)N(CC=C)c3c(C)cccc3Cl)C23CC[C@@]1(CC)O3. The van der Waals surface area contributed by atoms with Crippen molar-refractivity contribution >= 4 is 35.0 Å². The molecule has 3 saturated heterocycles. The Balaban J connectivity index is 1.66. The predicted molar refractivity (Wildman–Crippen MR) is 185 cm³/mol. The summed E-state index contributed by atoms with van der Waals surface area (Å²) in [6.07, 6.45) is 5.50. The molecule has 3 aliphatic rings. The van der Waals surface area contributed by atoms with Crippen LogP contribution >= 0.6 is 11.6 Å². The standard InChI is InChI=1S/C38H48ClN3O5/c1-7-21-40(23-27-16-12-11-13-17-27)34(44)30-31-35(45)42(29(24-43)25(5)9-3)33(38(31)20-19-37(30,10-4)47-38)36(46)41(22-8-2)32-26(6)15-14-18-28(32)39/h7-8,11-18,25,29-31,33,43H,1-2,9-10,19-24H2,3-6H3/t25-,29-,30-,31-,33?,37+,38?/m0/s1. The zero-order valence-corrected chi connectivity index (χ0v) is 28.8. The van der Waals surface area contributed by atoms with E-state index in [9.17, 15) is 14.7 Å². The number of carbonyl (C=O) groups is 3. The number of nitrogens with zero attached hydrogens (tertiary/aromatic N) is 3. The molecule has 47 heavy (non-hydrogen) atoms. The van der Waals surface area contributed by atoms with E-state index in [2.05, 4.69) is 13.2 Å². The van der Waals surface area contributed by atoms with Gasteiger partial charge in [0.2, 0.25) is 11.8 Å². The molecule has 0 saturated carbocycles. The Morgan fingerprint density at radius 3 is 2.38 bits per heavy atom. The molecule has 7 atom stereocenters. The number of carbonyl (C=O) groups excluding carboxylic acids is 3. The number of ether oxygens (including phenoxy) is 1. The van der Waals surface area contributed by atoms with Crippen LogP contribution in [0.3, 0.4) is 0 Å². The third-order valence-electron chi connectivity index (χ3n) is 10.9. The molecular weight excluding hydrogens is 614 g/mol. The van der Waals surface area contributed by atoms with Crippen molar-refractivity contribution in [2.24, 2.45) is 17.8 Å². The molecule has 2 unspecified atom stereocenters. The first-order valence-corrected chi connectivity index (χ1v) is 17.2. The fourth-order valence-corrected chi connectivity index (χ4v) is 8.73. The van der Waals surface area contributed by atoms with E-state index in [0.29, 0.717) is 49.5 Å². The van der Waals surface area contributed by atoms with Gasteiger partial charge in [-0.15, -0.1) is 13.2 Å². The molecule has 3 fully saturated rings. The number of aryl methyl sites for hydroxylation is 1. The number of rotatable bonds is 14. The Kier molecular flexibility index (Phi) is 10.3. The Hall–Kier alpha value is -3.46. The molecule has 1 spiro atoms. The molecule has 0 aliphatic carbocycles. The number of benzene rings is 2. The van der Waals surface area contributed by atoms with Crippen LogP contribution in [0.15, 0.2) is 73.8 Å². The second-order valence-corrected chi connectivity index (χ2v) is 13.8. The molecule has 252 valence electrons. The van der Waals surface area contributed by atoms with E-state index < -0.39 is 35.1 Å². The third kappa shape index (κ3) is 5.72. The van der Waals surface area contributed by atoms with Crippen LogP contribution in [0.4, 0.5) is 5.69 Å². The normalized spacial score (nSPS) is 27.3. The summed E-state index contributed by atoms with van der Waals surface area (Å²) in [5.74, 6) is -2.67. The van der Waals surface area contributed by atoms with Gasteiger partial charge in [-0.05, 0) is 49.3 Å². The van der Waals surface area contributed by atoms with Crippen molar-refractivity contribution in [3.05, 3.63) is 90.0 Å². The van der Waals surface area contributed by atoms with E-state index in [1.54, 1.807) is 32.9 Å². The fraction of sp³-hybridized carbons (Fsp3) is 0.500. The molecule has 0 aromatic heterocycles. The molecule has 0 radical (unpaired) electrons. The first-order valence-electron chi connectivity index (χ1n) is 16.8. The highest BCUT2D eigenvalue weighted by atomic mass is 35.5. The molecule has 3 aliphatic heterocycles. The average Bonchev–Trinajstić information content (AvgIpc) is 3.68. The van der Waals surface area contributed by atoms with Gasteiger partial charge in [-0.2, -0.15) is 0 Å². The number of fused-ring (bicyclic) bond motifs is 1. The lowest BCUT2D eigenvalue weighted by Gasteiger charge is -2.41. The molecule has 1 N–H and O–H groups in total. The maximum atomic E-state index is 15.2. The number of anilines is 1. The number of hydrogen-bond donors (Lipinski definition) is 1. The average molecular weight is 662 g/mol. The van der Waals surface area contributed by atoms with E-state index in [0.717, 1.165) is 11.1 Å². The Bertz CT molecular complexity index is 1500. The van der Waals surface area contributed by atoms with Crippen molar-refractivity contribution in [2.45, 2.75) is 83.2 Å². The summed E-state index contributed by atoms with van der Waals surface area (Å²) < 4.78 is 7.08. The van der Waals surface area contributed by atoms with Gasteiger partial charge < -0.3 is 24.5 Å². The van der Waals surface area contributed by atoms with E-state index in [1.807, 2.05) is 70.2 Å². The summed E-state index contributed by atoms with van der Waals surface area (Å²) in [4.78, 5) is 49.8. The number of amides is 3. The van der Waals surface area contributed by atoms with Gasteiger partial charge in [0.05, 0.1) is 40.8 Å². The summed E-state index contributed by atoms with van der Waals surface area (Å²) >= 11 is 6.73. The zero-order chi connectivity index (χ0) is 34.1. The van der Waals surface area contributed by atoms with Crippen molar-refractivity contribution in [1.82, 2.24) is 9.80 Å². The summed E-state index contributed by atoms with van der Waals surface area (Å²) in [6, 6.07) is 13.5. The molecule has 8 nitrogen and oxygen atoms in total. The van der Waals surface area contributed by atoms with Crippen LogP contribution in [0.25, 0.3) is 0 Å². The fourth-order valence-electron chi connectivity index (χ4n) is 8.40. The van der Waals surface area contributed by atoms with Crippen molar-refractivity contribution in [2.75, 3.05) is 24.6 Å². The minimum absolute atomic E-state index is 0.119. The van der Waals surface area contributed by atoms with Crippen LogP contribution in [-0.2, 0) is 25.7 Å². The quantitative estimate of drug-likeness (QED) is 0.253. The van der Waals surface area contributed by atoms with Crippen molar-refractivity contribution in [1.29, 1.82) is 0 Å². The Morgan fingerprint density at radius 1 is 1.09 bits per heavy atom. The minimum Gasteiger partial charge on any atom is -0.394 e. The second kappa shape index (κ2) is 14.0. The smallest absolute Gasteiger partial charge is 0.253 e. The summed E-state index contributed by atoms with van der Waals surface area (Å²) in [7, 11) is 0. The van der Waals surface area contributed by atoms with Gasteiger partial charge in [0.25, 0.3) is 5.91 Å². The van der Waals surface area contributed by atoms with Crippen molar-refractivity contribution < 1.29 is 24.2 Å². The molecule has 2 bridgehead atoms. The highest BCUT2D eigenvalue weighted by molar-refractivity contribution is 6.34. The first-order chi connectivity index (χ1) is 22.5. The molecule has 9 heteroatoms. The van der Waals surface area contributed by atoms with Gasteiger partial charge >= 0.3 is 0 Å². The van der Waals surface area contributed by atoms with Crippen LogP contribution in [0.1, 0.15) is 57.6 Å². The van der Waals surface area contributed by atoms with Crippen LogP contribution in [0, 0.1) is 24.7 Å². The van der Waals surface area contributed by atoms with Gasteiger partial charge in [-0.1, -0.05) is 93.4 Å². The van der Waals surface area contributed by atoms with E-state index >= 15 is 4.79 Å². The largest absolute Gasteiger partial charge is 0.394 e. The summed E-state index contributed by atoms with van der Waals surface area (Å²) in [5, 5.41) is 11.2. The summed E-state index contributed by atoms with van der Waals surface area (Å²) in [5.41, 5.74) is 0.140. The number of para-hydroxylation sites is 1. The number of hydrogen-bond acceptors (Lipinski definition) is 5. The number of aliphatic hydroxyl groups is 1. The molecule has 5 rings (SSSR count). The highest BCUT2D eigenvalue weighted by Crippen LogP contribution is 2.65. The molecule has 2 aromatic carbocycles. The topological polar surface area (TPSA) is 90.4 Å².